The van der Waals surface area contributed by atoms with Crippen molar-refractivity contribution in [3.05, 3.63) is 0 Å². The first kappa shape index (κ1) is 10.9. The summed E-state index contributed by atoms with van der Waals surface area (Å²) in [5.41, 5.74) is 5.72. The van der Waals surface area contributed by atoms with E-state index >= 15 is 0 Å². The Labute approximate surface area is 100.0 Å². The molecular weight excluding hydrogens is 224 g/mol. The first-order valence-electron chi connectivity index (χ1n) is 5.99. The van der Waals surface area contributed by atoms with Gasteiger partial charge in [0.15, 0.2) is 5.17 Å². The molecule has 2 unspecified atom stereocenters. The van der Waals surface area contributed by atoms with E-state index in [1.54, 1.807) is 11.8 Å². The number of nitrogens with zero attached hydrogens (tertiary/aromatic N) is 1. The Balaban J connectivity index is 1.93. The van der Waals surface area contributed by atoms with Gasteiger partial charge in [-0.3, -0.25) is 4.99 Å². The summed E-state index contributed by atoms with van der Waals surface area (Å²) in [6, 6.07) is 0. The third kappa shape index (κ3) is 1.65. The molecule has 4 nitrogen and oxygen atoms in total. The molecule has 0 spiro atoms. The summed E-state index contributed by atoms with van der Waals surface area (Å²) in [5.74, 6) is 1.64. The quantitative estimate of drug-likeness (QED) is 0.745. The lowest BCUT2D eigenvalue weighted by molar-refractivity contribution is -0.0645. The van der Waals surface area contributed by atoms with Gasteiger partial charge in [-0.1, -0.05) is 11.8 Å². The Morgan fingerprint density at radius 3 is 3.12 bits per heavy atom. The second-order valence-corrected chi connectivity index (χ2v) is 5.83. The summed E-state index contributed by atoms with van der Waals surface area (Å²) in [4.78, 5) is 4.73. The highest BCUT2D eigenvalue weighted by molar-refractivity contribution is 8.13. The van der Waals surface area contributed by atoms with Crippen LogP contribution in [0.25, 0.3) is 0 Å². The Hall–Kier alpha value is -0.260. The fourth-order valence-corrected chi connectivity index (χ4v) is 4.07. The number of hydrogen-bond acceptors (Lipinski definition) is 5. The molecule has 3 heterocycles. The zero-order valence-corrected chi connectivity index (χ0v) is 10.2. The summed E-state index contributed by atoms with van der Waals surface area (Å²) in [6.07, 6.45) is 3.55. The topological polar surface area (TPSA) is 56.8 Å². The van der Waals surface area contributed by atoms with Crippen molar-refractivity contribution in [3.8, 4) is 0 Å². The zero-order valence-electron chi connectivity index (χ0n) is 9.35. The number of amidine groups is 1. The molecule has 3 atom stereocenters. The molecule has 0 aliphatic carbocycles. The second kappa shape index (κ2) is 4.20. The number of hydrogen-bond donors (Lipinski definition) is 1. The minimum absolute atomic E-state index is 0.177. The van der Waals surface area contributed by atoms with Gasteiger partial charge in [0.05, 0.1) is 12.7 Å². The van der Waals surface area contributed by atoms with Crippen LogP contribution in [-0.2, 0) is 9.47 Å². The van der Waals surface area contributed by atoms with E-state index in [0.717, 1.165) is 38.2 Å². The summed E-state index contributed by atoms with van der Waals surface area (Å²) < 4.78 is 11.5. The maximum atomic E-state index is 5.90. The normalized spacial score (nSPS) is 43.9. The molecule has 0 amide bonds. The third-order valence-electron chi connectivity index (χ3n) is 3.89. The van der Waals surface area contributed by atoms with Gasteiger partial charge in [0.25, 0.3) is 0 Å². The Morgan fingerprint density at radius 2 is 2.31 bits per heavy atom. The van der Waals surface area contributed by atoms with Crippen molar-refractivity contribution in [3.63, 3.8) is 0 Å². The number of thioether (sulfide) groups is 1. The smallest absolute Gasteiger partial charge is 0.154 e. The summed E-state index contributed by atoms with van der Waals surface area (Å²) in [5, 5.41) is 0.706. The van der Waals surface area contributed by atoms with Gasteiger partial charge < -0.3 is 15.2 Å². The monoisotopic (exact) mass is 242 g/mol. The van der Waals surface area contributed by atoms with Crippen molar-refractivity contribution in [2.24, 2.45) is 16.6 Å². The zero-order chi connectivity index (χ0) is 11.0. The van der Waals surface area contributed by atoms with Crippen LogP contribution in [0.1, 0.15) is 19.3 Å². The van der Waals surface area contributed by atoms with Gasteiger partial charge in [0, 0.05) is 24.9 Å². The van der Waals surface area contributed by atoms with Crippen molar-refractivity contribution in [2.45, 2.75) is 30.9 Å². The van der Waals surface area contributed by atoms with E-state index in [9.17, 15) is 0 Å². The third-order valence-corrected chi connectivity index (χ3v) is 4.84. The van der Waals surface area contributed by atoms with Crippen molar-refractivity contribution >= 4 is 16.9 Å². The Kier molecular flexibility index (Phi) is 2.85. The maximum absolute atomic E-state index is 5.90. The van der Waals surface area contributed by atoms with Crippen molar-refractivity contribution in [1.29, 1.82) is 0 Å². The molecule has 3 aliphatic heterocycles. The van der Waals surface area contributed by atoms with Gasteiger partial charge in [-0.15, -0.1) is 0 Å². The van der Waals surface area contributed by atoms with Crippen LogP contribution in [0.4, 0.5) is 0 Å². The maximum Gasteiger partial charge on any atom is 0.154 e. The predicted molar refractivity (Wildman–Crippen MR) is 64.7 cm³/mol. The van der Waals surface area contributed by atoms with Crippen LogP contribution in [0.15, 0.2) is 4.99 Å². The minimum Gasteiger partial charge on any atom is -0.379 e. The highest BCUT2D eigenvalue weighted by Crippen LogP contribution is 2.42. The highest BCUT2D eigenvalue weighted by Gasteiger charge is 2.51. The first-order valence-corrected chi connectivity index (χ1v) is 6.97. The summed E-state index contributed by atoms with van der Waals surface area (Å²) in [7, 11) is 0. The molecule has 90 valence electrons. The van der Waals surface area contributed by atoms with Crippen molar-refractivity contribution < 1.29 is 9.47 Å². The molecule has 0 aromatic heterocycles. The summed E-state index contributed by atoms with van der Waals surface area (Å²) in [6.45, 7) is 2.40. The van der Waals surface area contributed by atoms with Gasteiger partial charge in [-0.25, -0.2) is 0 Å². The molecule has 0 bridgehead atoms. The van der Waals surface area contributed by atoms with Crippen LogP contribution in [0.5, 0.6) is 0 Å². The molecule has 0 saturated carbocycles. The van der Waals surface area contributed by atoms with Gasteiger partial charge in [-0.2, -0.15) is 0 Å². The minimum atomic E-state index is -0.177. The van der Waals surface area contributed by atoms with Crippen LogP contribution in [0, 0.1) is 5.92 Å². The van der Waals surface area contributed by atoms with Gasteiger partial charge in [-0.05, 0) is 19.3 Å². The van der Waals surface area contributed by atoms with Crippen LogP contribution in [0.3, 0.4) is 0 Å². The van der Waals surface area contributed by atoms with Crippen LogP contribution < -0.4 is 5.73 Å². The lowest BCUT2D eigenvalue weighted by Gasteiger charge is -2.46. The summed E-state index contributed by atoms with van der Waals surface area (Å²) >= 11 is 1.68. The van der Waals surface area contributed by atoms with Crippen LogP contribution in [0.2, 0.25) is 0 Å². The molecule has 2 fully saturated rings. The number of aliphatic imine (C=N–C) groups is 1. The van der Waals surface area contributed by atoms with E-state index in [2.05, 4.69) is 0 Å². The first-order chi connectivity index (χ1) is 7.81. The van der Waals surface area contributed by atoms with E-state index in [1.165, 1.54) is 0 Å². The molecule has 16 heavy (non-hydrogen) atoms. The van der Waals surface area contributed by atoms with Crippen LogP contribution >= 0.6 is 11.8 Å². The standard InChI is InChI=1S/C11H18N2O2S/c12-10-13-11(9-2-1-4-15-9)7-14-5-3-8(11)6-16-10/h8-9H,1-7H2,(H2,12,13)/t8?,9-,11?/m0/s1. The molecule has 2 N–H and O–H groups in total. The largest absolute Gasteiger partial charge is 0.379 e. The van der Waals surface area contributed by atoms with E-state index in [4.69, 9.17) is 20.2 Å². The van der Waals surface area contributed by atoms with E-state index in [-0.39, 0.29) is 11.6 Å². The lowest BCUT2D eigenvalue weighted by Crippen LogP contribution is -2.57. The van der Waals surface area contributed by atoms with Gasteiger partial charge >= 0.3 is 0 Å². The molecule has 2 saturated heterocycles. The van der Waals surface area contributed by atoms with E-state index in [0.29, 0.717) is 17.7 Å². The van der Waals surface area contributed by atoms with Crippen molar-refractivity contribution in [1.82, 2.24) is 0 Å². The average molecular weight is 242 g/mol. The molecule has 3 aliphatic rings. The van der Waals surface area contributed by atoms with Gasteiger partial charge in [0.1, 0.15) is 5.54 Å². The van der Waals surface area contributed by atoms with Crippen molar-refractivity contribution in [2.75, 3.05) is 25.6 Å². The SMILES string of the molecule is NC1=NC2([C@@H]3CCCO3)COCCC2CS1. The number of ether oxygens (including phenoxy) is 2. The van der Waals surface area contributed by atoms with E-state index in [1.807, 2.05) is 0 Å². The fraction of sp³-hybridized carbons (Fsp3) is 0.909. The lowest BCUT2D eigenvalue weighted by atomic mass is 9.77. The molecule has 0 aromatic carbocycles. The average Bonchev–Trinajstić information content (AvgIpc) is 2.82. The molecule has 5 heteroatoms. The molecule has 0 aromatic rings. The number of fused-ring (bicyclic) bond motifs is 1. The highest BCUT2D eigenvalue weighted by atomic mass is 32.2. The number of nitrogens with two attached hydrogens (primary N) is 1. The molecule has 0 radical (unpaired) electrons. The number of rotatable bonds is 1. The fourth-order valence-electron chi connectivity index (χ4n) is 3.00. The Morgan fingerprint density at radius 1 is 1.38 bits per heavy atom. The van der Waals surface area contributed by atoms with Gasteiger partial charge in [0.2, 0.25) is 0 Å². The van der Waals surface area contributed by atoms with E-state index < -0.39 is 0 Å². The van der Waals surface area contributed by atoms with Crippen LogP contribution in [-0.4, -0.2) is 42.4 Å². The predicted octanol–water partition coefficient (Wildman–Crippen LogP) is 1.00. The molecular formula is C11H18N2O2S. The second-order valence-electron chi connectivity index (χ2n) is 4.79. The Bertz CT molecular complexity index is 304. The molecule has 3 rings (SSSR count).